The van der Waals surface area contributed by atoms with Crippen molar-refractivity contribution < 1.29 is 39.6 Å². The smallest absolute Gasteiger partial charge is 0.321 e. The second-order valence-electron chi connectivity index (χ2n) is 5.62. The predicted octanol–water partition coefficient (Wildman–Crippen LogP) is 0.754. The van der Waals surface area contributed by atoms with E-state index in [2.05, 4.69) is 0 Å². The molecule has 1 unspecified atom stereocenters. The molecule has 0 bridgehead atoms. The van der Waals surface area contributed by atoms with Crippen LogP contribution in [0.15, 0.2) is 0 Å². The molecule has 0 spiro atoms. The Labute approximate surface area is 115 Å². The number of aliphatic carboxylic acids is 4. The van der Waals surface area contributed by atoms with Crippen LogP contribution in [0.1, 0.15) is 34.1 Å². The lowest BCUT2D eigenvalue weighted by molar-refractivity contribution is -0.195. The van der Waals surface area contributed by atoms with Crippen molar-refractivity contribution in [2.75, 3.05) is 0 Å². The van der Waals surface area contributed by atoms with Crippen molar-refractivity contribution in [1.82, 2.24) is 0 Å². The maximum absolute atomic E-state index is 11.6. The van der Waals surface area contributed by atoms with Gasteiger partial charge in [0.15, 0.2) is 5.41 Å². The monoisotopic (exact) mass is 290 g/mol. The van der Waals surface area contributed by atoms with Gasteiger partial charge < -0.3 is 20.4 Å². The minimum Gasteiger partial charge on any atom is -0.481 e. The summed E-state index contributed by atoms with van der Waals surface area (Å²) < 4.78 is 0. The van der Waals surface area contributed by atoms with E-state index >= 15 is 0 Å². The summed E-state index contributed by atoms with van der Waals surface area (Å²) in [6.45, 7) is 4.16. The molecule has 0 aromatic rings. The minimum absolute atomic E-state index is 0.689. The molecule has 0 aliphatic heterocycles. The van der Waals surface area contributed by atoms with Gasteiger partial charge in [0, 0.05) is 0 Å². The Morgan fingerprint density at radius 2 is 1.10 bits per heavy atom. The van der Waals surface area contributed by atoms with Crippen LogP contribution < -0.4 is 0 Å². The molecule has 0 aliphatic rings. The molecule has 20 heavy (non-hydrogen) atoms. The molecular formula is C12H18O8. The van der Waals surface area contributed by atoms with Crippen molar-refractivity contribution >= 4 is 23.9 Å². The van der Waals surface area contributed by atoms with Gasteiger partial charge in [-0.05, 0) is 19.3 Å². The molecule has 1 atom stereocenters. The lowest BCUT2D eigenvalue weighted by atomic mass is 9.52. The Balaban J connectivity index is 6.36. The molecule has 0 amide bonds. The zero-order valence-electron chi connectivity index (χ0n) is 11.6. The topological polar surface area (TPSA) is 149 Å². The lowest BCUT2D eigenvalue weighted by Crippen LogP contribution is -2.60. The zero-order valence-corrected chi connectivity index (χ0v) is 11.6. The number of hydrogen-bond acceptors (Lipinski definition) is 4. The average molecular weight is 290 g/mol. The van der Waals surface area contributed by atoms with Crippen LogP contribution in [0.4, 0.5) is 0 Å². The van der Waals surface area contributed by atoms with Gasteiger partial charge in [-0.25, -0.2) is 0 Å². The minimum atomic E-state index is -2.68. The quantitative estimate of drug-likeness (QED) is 0.502. The van der Waals surface area contributed by atoms with E-state index in [-0.39, 0.29) is 0 Å². The van der Waals surface area contributed by atoms with Crippen LogP contribution >= 0.6 is 0 Å². The van der Waals surface area contributed by atoms with E-state index in [1.165, 1.54) is 13.8 Å². The fourth-order valence-electron chi connectivity index (χ4n) is 2.25. The highest BCUT2D eigenvalue weighted by Gasteiger charge is 2.67. The van der Waals surface area contributed by atoms with Crippen molar-refractivity contribution in [3.8, 4) is 0 Å². The molecule has 0 saturated carbocycles. The SMILES string of the molecule is CC(C)(CC(=O)O)C(C)(C(=O)O)C(C)(C(=O)O)C(=O)O. The molecular weight excluding hydrogens is 272 g/mol. The van der Waals surface area contributed by atoms with Crippen LogP contribution in [0.2, 0.25) is 0 Å². The van der Waals surface area contributed by atoms with Gasteiger partial charge in [0.1, 0.15) is 0 Å². The molecule has 8 heteroatoms. The zero-order chi connectivity index (χ0) is 16.5. The van der Waals surface area contributed by atoms with Crippen LogP contribution in [-0.4, -0.2) is 44.3 Å². The van der Waals surface area contributed by atoms with Crippen LogP contribution in [0, 0.1) is 16.2 Å². The normalized spacial score (nSPS) is 15.2. The summed E-state index contributed by atoms with van der Waals surface area (Å²) in [5.41, 5.74) is -6.63. The second-order valence-corrected chi connectivity index (χ2v) is 5.62. The van der Waals surface area contributed by atoms with E-state index in [9.17, 15) is 34.5 Å². The van der Waals surface area contributed by atoms with E-state index < -0.39 is 46.5 Å². The first kappa shape index (κ1) is 17.9. The highest BCUT2D eigenvalue weighted by atomic mass is 16.4. The summed E-state index contributed by atoms with van der Waals surface area (Å²) >= 11 is 0. The van der Waals surface area contributed by atoms with Crippen molar-refractivity contribution in [2.24, 2.45) is 16.2 Å². The highest BCUT2D eigenvalue weighted by Crippen LogP contribution is 2.54. The van der Waals surface area contributed by atoms with Crippen molar-refractivity contribution in [3.05, 3.63) is 0 Å². The maximum Gasteiger partial charge on any atom is 0.321 e. The molecule has 0 rings (SSSR count). The molecule has 0 radical (unpaired) electrons. The van der Waals surface area contributed by atoms with Crippen molar-refractivity contribution in [3.63, 3.8) is 0 Å². The molecule has 8 nitrogen and oxygen atoms in total. The molecule has 4 N–H and O–H groups in total. The Morgan fingerprint density at radius 1 is 0.750 bits per heavy atom. The molecule has 0 aromatic carbocycles. The van der Waals surface area contributed by atoms with Gasteiger partial charge in [-0.2, -0.15) is 0 Å². The fourth-order valence-corrected chi connectivity index (χ4v) is 2.25. The molecule has 0 heterocycles. The summed E-state index contributed by atoms with van der Waals surface area (Å²) in [5, 5.41) is 36.6. The summed E-state index contributed by atoms with van der Waals surface area (Å²) in [6.07, 6.45) is -0.689. The third-order valence-electron chi connectivity index (χ3n) is 4.23. The predicted molar refractivity (Wildman–Crippen MR) is 65.2 cm³/mol. The summed E-state index contributed by atoms with van der Waals surface area (Å²) in [7, 11) is 0. The van der Waals surface area contributed by atoms with Gasteiger partial charge >= 0.3 is 23.9 Å². The molecule has 0 aliphatic carbocycles. The first-order valence-corrected chi connectivity index (χ1v) is 5.67. The van der Waals surface area contributed by atoms with E-state index in [1.54, 1.807) is 0 Å². The standard InChI is InChI=1S/C12H18O8/c1-10(2,5-6(13)14)12(4,9(19)20)11(3,7(15)16)8(17)18/h5H2,1-4H3,(H,13,14)(H,15,16)(H,17,18)(H,19,20). The van der Waals surface area contributed by atoms with Gasteiger partial charge in [0.05, 0.1) is 11.8 Å². The van der Waals surface area contributed by atoms with Gasteiger partial charge in [0.2, 0.25) is 0 Å². The third kappa shape index (κ3) is 2.33. The van der Waals surface area contributed by atoms with E-state index in [0.717, 1.165) is 13.8 Å². The number of hydrogen-bond donors (Lipinski definition) is 4. The first-order chi connectivity index (χ1) is 8.75. The van der Waals surface area contributed by atoms with Gasteiger partial charge in [-0.15, -0.1) is 0 Å². The van der Waals surface area contributed by atoms with Crippen molar-refractivity contribution in [1.29, 1.82) is 0 Å². The molecule has 0 saturated heterocycles. The van der Waals surface area contributed by atoms with Crippen molar-refractivity contribution in [2.45, 2.75) is 34.1 Å². The second kappa shape index (κ2) is 5.10. The van der Waals surface area contributed by atoms with Crippen LogP contribution in [-0.2, 0) is 19.2 Å². The van der Waals surface area contributed by atoms with E-state index in [0.29, 0.717) is 0 Å². The number of rotatable bonds is 7. The number of carbonyl (C=O) groups is 4. The fraction of sp³-hybridized carbons (Fsp3) is 0.667. The summed E-state index contributed by atoms with van der Waals surface area (Å²) in [4.78, 5) is 45.2. The Morgan fingerprint density at radius 3 is 1.30 bits per heavy atom. The van der Waals surface area contributed by atoms with Gasteiger partial charge in [-0.1, -0.05) is 13.8 Å². The summed E-state index contributed by atoms with van der Waals surface area (Å²) in [6, 6.07) is 0. The first-order valence-electron chi connectivity index (χ1n) is 5.67. The average Bonchev–Trinajstić information content (AvgIpc) is 2.23. The van der Waals surface area contributed by atoms with E-state index in [4.69, 9.17) is 5.11 Å². The molecule has 114 valence electrons. The molecule has 0 aromatic heterocycles. The third-order valence-corrected chi connectivity index (χ3v) is 4.23. The Bertz CT molecular complexity index is 450. The Kier molecular flexibility index (Phi) is 4.56. The highest BCUT2D eigenvalue weighted by molar-refractivity contribution is 6.03. The van der Waals surface area contributed by atoms with Crippen LogP contribution in [0.3, 0.4) is 0 Å². The number of carboxylic acids is 4. The lowest BCUT2D eigenvalue weighted by Gasteiger charge is -2.47. The number of carboxylic acid groups (broad SMARTS) is 4. The largest absolute Gasteiger partial charge is 0.481 e. The van der Waals surface area contributed by atoms with Crippen LogP contribution in [0.25, 0.3) is 0 Å². The summed E-state index contributed by atoms with van der Waals surface area (Å²) in [5.74, 6) is -6.71. The van der Waals surface area contributed by atoms with E-state index in [1.807, 2.05) is 0 Å². The van der Waals surface area contributed by atoms with Crippen LogP contribution in [0.5, 0.6) is 0 Å². The van der Waals surface area contributed by atoms with Gasteiger partial charge in [0.25, 0.3) is 0 Å². The molecule has 0 fully saturated rings. The Hall–Kier alpha value is -2.12. The van der Waals surface area contributed by atoms with Gasteiger partial charge in [-0.3, -0.25) is 19.2 Å². The maximum atomic E-state index is 11.6.